The molecule has 0 bridgehead atoms. The zero-order valence-electron chi connectivity index (χ0n) is 10.5. The van der Waals surface area contributed by atoms with Crippen molar-refractivity contribution in [3.63, 3.8) is 0 Å². The first-order valence-electron chi connectivity index (χ1n) is 7.00. The number of hydrogen-bond acceptors (Lipinski definition) is 1. The highest BCUT2D eigenvalue weighted by Crippen LogP contribution is 2.30. The molecular weight excluding hydrogens is 182 g/mol. The Kier molecular flexibility index (Phi) is 4.07. The highest BCUT2D eigenvalue weighted by molar-refractivity contribution is 4.83. The van der Waals surface area contributed by atoms with Crippen LogP contribution in [0.15, 0.2) is 0 Å². The van der Waals surface area contributed by atoms with E-state index in [0.29, 0.717) is 0 Å². The second kappa shape index (κ2) is 5.34. The third kappa shape index (κ3) is 2.96. The first kappa shape index (κ1) is 11.4. The molecule has 3 atom stereocenters. The Morgan fingerprint density at radius 3 is 2.40 bits per heavy atom. The Morgan fingerprint density at radius 2 is 1.67 bits per heavy atom. The van der Waals surface area contributed by atoms with Crippen LogP contribution in [0.25, 0.3) is 0 Å². The fourth-order valence-electron chi connectivity index (χ4n) is 3.40. The molecule has 0 spiro atoms. The van der Waals surface area contributed by atoms with E-state index in [4.69, 9.17) is 0 Å². The van der Waals surface area contributed by atoms with Gasteiger partial charge in [0.2, 0.25) is 0 Å². The van der Waals surface area contributed by atoms with E-state index in [0.717, 1.165) is 23.8 Å². The van der Waals surface area contributed by atoms with Crippen LogP contribution in [0.3, 0.4) is 0 Å². The van der Waals surface area contributed by atoms with E-state index >= 15 is 0 Å². The predicted octanol–water partition coefficient (Wildman–Crippen LogP) is 3.59. The first-order chi connectivity index (χ1) is 7.27. The van der Waals surface area contributed by atoms with Gasteiger partial charge in [-0.25, -0.2) is 0 Å². The van der Waals surface area contributed by atoms with E-state index in [1.54, 1.807) is 0 Å². The van der Waals surface area contributed by atoms with Crippen LogP contribution in [0.4, 0.5) is 0 Å². The molecule has 2 aliphatic carbocycles. The molecule has 0 radical (unpaired) electrons. The summed E-state index contributed by atoms with van der Waals surface area (Å²) in [4.78, 5) is 0. The Balaban J connectivity index is 1.72. The molecular formula is C14H27N. The summed E-state index contributed by atoms with van der Waals surface area (Å²) in [5, 5.41) is 3.84. The zero-order chi connectivity index (χ0) is 10.7. The molecule has 0 heterocycles. The van der Waals surface area contributed by atoms with Crippen molar-refractivity contribution in [1.82, 2.24) is 5.32 Å². The van der Waals surface area contributed by atoms with Gasteiger partial charge >= 0.3 is 0 Å². The van der Waals surface area contributed by atoms with Crippen LogP contribution in [0.5, 0.6) is 0 Å². The summed E-state index contributed by atoms with van der Waals surface area (Å²) in [6.07, 6.45) is 10.2. The molecule has 0 amide bonds. The van der Waals surface area contributed by atoms with E-state index in [1.165, 1.54) is 51.5 Å². The molecule has 1 N–H and O–H groups in total. The molecule has 2 aliphatic rings. The third-order valence-electron chi connectivity index (χ3n) is 4.85. The maximum absolute atomic E-state index is 3.84. The molecule has 15 heavy (non-hydrogen) atoms. The van der Waals surface area contributed by atoms with E-state index in [1.807, 2.05) is 0 Å². The Morgan fingerprint density at radius 1 is 0.933 bits per heavy atom. The Hall–Kier alpha value is -0.0400. The molecule has 2 rings (SSSR count). The fraction of sp³-hybridized carbons (Fsp3) is 1.00. The lowest BCUT2D eigenvalue weighted by molar-refractivity contribution is 0.201. The fourth-order valence-corrected chi connectivity index (χ4v) is 3.40. The normalized spacial score (nSPS) is 38.4. The van der Waals surface area contributed by atoms with Gasteiger partial charge in [0.05, 0.1) is 0 Å². The highest BCUT2D eigenvalue weighted by atomic mass is 14.9. The van der Waals surface area contributed by atoms with Gasteiger partial charge in [0, 0.05) is 6.04 Å². The molecule has 1 heteroatoms. The molecule has 0 saturated heterocycles. The quantitative estimate of drug-likeness (QED) is 0.749. The molecule has 3 unspecified atom stereocenters. The van der Waals surface area contributed by atoms with Crippen LogP contribution in [0.1, 0.15) is 58.8 Å². The second-order valence-electron chi connectivity index (χ2n) is 5.93. The molecule has 0 aromatic carbocycles. The van der Waals surface area contributed by atoms with E-state index < -0.39 is 0 Å². The second-order valence-corrected chi connectivity index (χ2v) is 5.93. The van der Waals surface area contributed by atoms with Crippen LogP contribution < -0.4 is 5.32 Å². The largest absolute Gasteiger partial charge is 0.313 e. The minimum absolute atomic E-state index is 0.814. The minimum Gasteiger partial charge on any atom is -0.313 e. The molecule has 88 valence electrons. The average molecular weight is 209 g/mol. The number of rotatable bonds is 3. The summed E-state index contributed by atoms with van der Waals surface area (Å²) in [5.41, 5.74) is 0. The minimum atomic E-state index is 0.814. The van der Waals surface area contributed by atoms with Gasteiger partial charge in [-0.05, 0) is 43.6 Å². The lowest BCUT2D eigenvalue weighted by Crippen LogP contribution is -2.42. The van der Waals surface area contributed by atoms with Gasteiger partial charge in [0.1, 0.15) is 0 Å². The average Bonchev–Trinajstić information content (AvgIpc) is 2.73. The lowest BCUT2D eigenvalue weighted by atomic mass is 9.78. The molecule has 0 aromatic rings. The molecule has 0 aliphatic heterocycles. The number of hydrogen-bond donors (Lipinski definition) is 1. The standard InChI is InChI=1S/C14H27N/c1-11-6-5-9-14(12(11)2)15-10-13-7-3-4-8-13/h11-15H,3-10H2,1-2H3. The van der Waals surface area contributed by atoms with Gasteiger partial charge in [-0.15, -0.1) is 0 Å². The smallest absolute Gasteiger partial charge is 0.00953 e. The van der Waals surface area contributed by atoms with Crippen LogP contribution in [0.2, 0.25) is 0 Å². The van der Waals surface area contributed by atoms with Crippen LogP contribution in [0, 0.1) is 17.8 Å². The van der Waals surface area contributed by atoms with Crippen molar-refractivity contribution < 1.29 is 0 Å². The molecule has 1 nitrogen and oxygen atoms in total. The van der Waals surface area contributed by atoms with Crippen LogP contribution >= 0.6 is 0 Å². The van der Waals surface area contributed by atoms with Crippen molar-refractivity contribution in [3.8, 4) is 0 Å². The van der Waals surface area contributed by atoms with Crippen molar-refractivity contribution in [2.24, 2.45) is 17.8 Å². The van der Waals surface area contributed by atoms with Crippen LogP contribution in [-0.2, 0) is 0 Å². The molecule has 0 aromatic heterocycles. The van der Waals surface area contributed by atoms with E-state index in [9.17, 15) is 0 Å². The maximum Gasteiger partial charge on any atom is 0.00953 e. The molecule has 2 fully saturated rings. The van der Waals surface area contributed by atoms with E-state index in [-0.39, 0.29) is 0 Å². The summed E-state index contributed by atoms with van der Waals surface area (Å²) in [6, 6.07) is 0.814. The van der Waals surface area contributed by atoms with Crippen molar-refractivity contribution >= 4 is 0 Å². The van der Waals surface area contributed by atoms with Crippen molar-refractivity contribution in [2.45, 2.75) is 64.8 Å². The Bertz CT molecular complexity index is 184. The SMILES string of the molecule is CC1CCCC(NCC2CCCC2)C1C. The summed E-state index contributed by atoms with van der Waals surface area (Å²) < 4.78 is 0. The van der Waals surface area contributed by atoms with Crippen molar-refractivity contribution in [1.29, 1.82) is 0 Å². The van der Waals surface area contributed by atoms with Gasteiger partial charge in [0.25, 0.3) is 0 Å². The maximum atomic E-state index is 3.84. The van der Waals surface area contributed by atoms with Gasteiger partial charge < -0.3 is 5.32 Å². The summed E-state index contributed by atoms with van der Waals surface area (Å²) in [5.74, 6) is 2.81. The highest BCUT2D eigenvalue weighted by Gasteiger charge is 2.27. The number of nitrogens with one attached hydrogen (secondary N) is 1. The topological polar surface area (TPSA) is 12.0 Å². The Labute approximate surface area is 95.0 Å². The summed E-state index contributed by atoms with van der Waals surface area (Å²) in [7, 11) is 0. The monoisotopic (exact) mass is 209 g/mol. The van der Waals surface area contributed by atoms with Gasteiger partial charge in [-0.3, -0.25) is 0 Å². The van der Waals surface area contributed by atoms with Crippen LogP contribution in [-0.4, -0.2) is 12.6 Å². The van der Waals surface area contributed by atoms with Crippen molar-refractivity contribution in [3.05, 3.63) is 0 Å². The third-order valence-corrected chi connectivity index (χ3v) is 4.85. The zero-order valence-corrected chi connectivity index (χ0v) is 10.5. The summed E-state index contributed by atoms with van der Waals surface area (Å²) in [6.45, 7) is 6.16. The van der Waals surface area contributed by atoms with Crippen molar-refractivity contribution in [2.75, 3.05) is 6.54 Å². The predicted molar refractivity (Wildman–Crippen MR) is 65.9 cm³/mol. The van der Waals surface area contributed by atoms with Gasteiger partial charge in [-0.2, -0.15) is 0 Å². The first-order valence-corrected chi connectivity index (χ1v) is 7.00. The van der Waals surface area contributed by atoms with Gasteiger partial charge in [0.15, 0.2) is 0 Å². The van der Waals surface area contributed by atoms with Gasteiger partial charge in [-0.1, -0.05) is 39.5 Å². The summed E-state index contributed by atoms with van der Waals surface area (Å²) >= 11 is 0. The lowest BCUT2D eigenvalue weighted by Gasteiger charge is -2.35. The van der Waals surface area contributed by atoms with E-state index in [2.05, 4.69) is 19.2 Å². The molecule has 2 saturated carbocycles.